The van der Waals surface area contributed by atoms with Crippen LogP contribution in [-0.2, 0) is 14.4 Å². The van der Waals surface area contributed by atoms with E-state index in [0.717, 1.165) is 12.0 Å². The average molecular weight is 253 g/mol. The SMILES string of the molecule is CC1CCCC(C)(C)C1.N=C=O.[N-]=C=O.[N-]=C=O. The second-order valence-corrected chi connectivity index (χ2v) is 4.65. The molecule has 18 heavy (non-hydrogen) atoms. The highest BCUT2D eigenvalue weighted by molar-refractivity contribution is 5.37. The standard InChI is InChI=1S/C9H18.CHNO.2CNO/c1-8-5-4-6-9(2,3)7-8;3*2-1-3/h8H,4-7H2,1-3H3;2H;;/q;;2*-1. The summed E-state index contributed by atoms with van der Waals surface area (Å²) in [6.07, 6.45) is 7.54. The molecule has 1 N–H and O–H groups in total. The summed E-state index contributed by atoms with van der Waals surface area (Å²) in [5, 5.41) is 18.9. The van der Waals surface area contributed by atoms with Crippen LogP contribution in [0.4, 0.5) is 0 Å². The third-order valence-electron chi connectivity index (χ3n) is 2.45. The van der Waals surface area contributed by atoms with Gasteiger partial charge in [0.15, 0.2) is 0 Å². The minimum Gasteiger partial charge on any atom is -0.724 e. The van der Waals surface area contributed by atoms with E-state index in [0.29, 0.717) is 17.6 Å². The Hall–Kier alpha value is -1.86. The molecule has 0 aliphatic heterocycles. The molecule has 1 fully saturated rings. The molecule has 1 aliphatic rings. The summed E-state index contributed by atoms with van der Waals surface area (Å²) in [6.45, 7) is 7.16. The Kier molecular flexibility index (Phi) is 18.0. The lowest BCUT2D eigenvalue weighted by molar-refractivity contribution is 0.191. The Balaban J connectivity index is -0.000000210. The molecular weight excluding hydrogens is 234 g/mol. The van der Waals surface area contributed by atoms with Gasteiger partial charge in [0.2, 0.25) is 6.08 Å². The van der Waals surface area contributed by atoms with Crippen LogP contribution in [0.1, 0.15) is 46.5 Å². The summed E-state index contributed by atoms with van der Waals surface area (Å²) in [6, 6.07) is 0. The van der Waals surface area contributed by atoms with Gasteiger partial charge < -0.3 is 10.8 Å². The molecule has 0 spiro atoms. The molecule has 0 aromatic rings. The molecule has 0 heterocycles. The van der Waals surface area contributed by atoms with Crippen molar-refractivity contribution in [1.82, 2.24) is 0 Å². The molecule has 6 nitrogen and oxygen atoms in total. The molecule has 0 radical (unpaired) electrons. The van der Waals surface area contributed by atoms with E-state index < -0.39 is 0 Å². The Bertz CT molecular complexity index is 267. The molecule has 0 amide bonds. The maximum atomic E-state index is 8.35. The first kappa shape index (κ1) is 21.4. The molecule has 1 saturated carbocycles. The van der Waals surface area contributed by atoms with E-state index in [2.05, 4.69) is 20.8 Å². The molecule has 0 bridgehead atoms. The smallest absolute Gasteiger partial charge is 0.231 e. The molecule has 0 saturated heterocycles. The quantitative estimate of drug-likeness (QED) is 0.527. The fraction of sp³-hybridized carbons (Fsp3) is 0.750. The normalized spacial score (nSPS) is 18.5. The van der Waals surface area contributed by atoms with Crippen molar-refractivity contribution < 1.29 is 14.4 Å². The van der Waals surface area contributed by atoms with Gasteiger partial charge in [0, 0.05) is 0 Å². The van der Waals surface area contributed by atoms with E-state index >= 15 is 0 Å². The maximum Gasteiger partial charge on any atom is 0.231 e. The van der Waals surface area contributed by atoms with Gasteiger partial charge in [-0.15, -0.1) is 0 Å². The van der Waals surface area contributed by atoms with Crippen LogP contribution in [0.15, 0.2) is 0 Å². The first-order chi connectivity index (χ1) is 8.34. The van der Waals surface area contributed by atoms with Gasteiger partial charge in [-0.05, 0) is 36.3 Å². The van der Waals surface area contributed by atoms with Crippen LogP contribution in [0.25, 0.3) is 10.8 Å². The summed E-state index contributed by atoms with van der Waals surface area (Å²) in [4.78, 5) is 24.8. The lowest BCUT2D eigenvalue weighted by Crippen LogP contribution is -2.20. The zero-order valence-electron chi connectivity index (χ0n) is 11.0. The first-order valence-electron chi connectivity index (χ1n) is 5.41. The Morgan fingerprint density at radius 2 is 1.50 bits per heavy atom. The molecule has 1 unspecified atom stereocenters. The van der Waals surface area contributed by atoms with Crippen LogP contribution in [-0.4, -0.2) is 18.2 Å². The van der Waals surface area contributed by atoms with Gasteiger partial charge in [0.05, 0.1) is 0 Å². The lowest BCUT2D eigenvalue weighted by Gasteiger charge is -2.33. The average Bonchev–Trinajstić information content (AvgIpc) is 2.18. The minimum atomic E-state index is 0.500. The Labute approximate surface area is 107 Å². The number of carbonyl (C=O) groups excluding carboxylic acids is 3. The van der Waals surface area contributed by atoms with Crippen LogP contribution in [0.3, 0.4) is 0 Å². The number of nitrogens with zero attached hydrogens (tertiary/aromatic N) is 2. The van der Waals surface area contributed by atoms with E-state index in [4.69, 9.17) is 30.6 Å². The maximum absolute atomic E-state index is 8.35. The van der Waals surface area contributed by atoms with Gasteiger partial charge in [-0.25, -0.2) is 10.2 Å². The Morgan fingerprint density at radius 1 is 1.17 bits per heavy atom. The van der Waals surface area contributed by atoms with E-state index in [-0.39, 0.29) is 0 Å². The van der Waals surface area contributed by atoms with Gasteiger partial charge in [0.25, 0.3) is 0 Å². The zero-order valence-corrected chi connectivity index (χ0v) is 11.0. The Morgan fingerprint density at radius 3 is 1.67 bits per heavy atom. The second-order valence-electron chi connectivity index (χ2n) is 4.65. The van der Waals surface area contributed by atoms with Crippen molar-refractivity contribution >= 4 is 18.2 Å². The van der Waals surface area contributed by atoms with E-state index in [9.17, 15) is 0 Å². The van der Waals surface area contributed by atoms with E-state index in [1.807, 2.05) is 0 Å². The molecule has 102 valence electrons. The number of isocyanates is 3. The highest BCUT2D eigenvalue weighted by Crippen LogP contribution is 2.37. The van der Waals surface area contributed by atoms with Crippen LogP contribution < -0.4 is 0 Å². The van der Waals surface area contributed by atoms with E-state index in [1.54, 1.807) is 0 Å². The van der Waals surface area contributed by atoms with Gasteiger partial charge in [-0.3, -0.25) is 9.59 Å². The number of hydrogen-bond acceptors (Lipinski definition) is 4. The van der Waals surface area contributed by atoms with Gasteiger partial charge in [0.1, 0.15) is 0 Å². The van der Waals surface area contributed by atoms with Crippen LogP contribution in [0.2, 0.25) is 0 Å². The molecule has 6 heteroatoms. The summed E-state index contributed by atoms with van der Waals surface area (Å²) in [5.74, 6) is 0.980. The summed E-state index contributed by atoms with van der Waals surface area (Å²) >= 11 is 0. The monoisotopic (exact) mass is 253 g/mol. The number of rotatable bonds is 0. The van der Waals surface area contributed by atoms with Crippen LogP contribution in [0, 0.1) is 16.7 Å². The van der Waals surface area contributed by atoms with Crippen molar-refractivity contribution in [1.29, 1.82) is 5.41 Å². The van der Waals surface area contributed by atoms with Crippen molar-refractivity contribution in [2.24, 2.45) is 11.3 Å². The fourth-order valence-corrected chi connectivity index (χ4v) is 2.08. The van der Waals surface area contributed by atoms with Crippen molar-refractivity contribution in [3.05, 3.63) is 10.8 Å². The zero-order chi connectivity index (χ0) is 15.0. The van der Waals surface area contributed by atoms with Gasteiger partial charge >= 0.3 is 0 Å². The molecule has 0 aromatic heterocycles. The predicted octanol–water partition coefficient (Wildman–Crippen LogP) is 2.91. The first-order valence-corrected chi connectivity index (χ1v) is 5.41. The molecule has 0 aromatic carbocycles. The minimum absolute atomic E-state index is 0.500. The summed E-state index contributed by atoms with van der Waals surface area (Å²) in [5.41, 5.74) is 0.650. The predicted molar refractivity (Wildman–Crippen MR) is 67.9 cm³/mol. The summed E-state index contributed by atoms with van der Waals surface area (Å²) in [7, 11) is 0. The van der Waals surface area contributed by atoms with E-state index in [1.165, 1.54) is 25.7 Å². The number of hydrogen-bond donors (Lipinski definition) is 1. The highest BCUT2D eigenvalue weighted by Gasteiger charge is 2.24. The third kappa shape index (κ3) is 23.7. The second kappa shape index (κ2) is 15.1. The largest absolute Gasteiger partial charge is 0.724 e. The lowest BCUT2D eigenvalue weighted by atomic mass is 9.73. The fourth-order valence-electron chi connectivity index (χ4n) is 2.08. The molecule has 1 rings (SSSR count). The topological polar surface area (TPSA) is 120 Å². The van der Waals surface area contributed by atoms with Crippen LogP contribution in [0.5, 0.6) is 0 Å². The molecular formula is C12H19N3O3-2. The molecule has 1 atom stereocenters. The van der Waals surface area contributed by atoms with Crippen molar-refractivity contribution in [2.75, 3.05) is 0 Å². The van der Waals surface area contributed by atoms with Gasteiger partial charge in [-0.2, -0.15) is 0 Å². The number of nitrogens with one attached hydrogen (secondary N) is 1. The molecule has 1 aliphatic carbocycles. The van der Waals surface area contributed by atoms with Crippen molar-refractivity contribution in [3.63, 3.8) is 0 Å². The summed E-state index contributed by atoms with van der Waals surface area (Å²) < 4.78 is 0. The third-order valence-corrected chi connectivity index (χ3v) is 2.45. The van der Waals surface area contributed by atoms with Crippen LogP contribution >= 0.6 is 0 Å². The van der Waals surface area contributed by atoms with Gasteiger partial charge in [-0.1, -0.05) is 33.6 Å². The van der Waals surface area contributed by atoms with Crippen molar-refractivity contribution in [3.8, 4) is 0 Å². The van der Waals surface area contributed by atoms with Crippen molar-refractivity contribution in [2.45, 2.75) is 46.5 Å². The highest BCUT2D eigenvalue weighted by atomic mass is 16.1.